The molecule has 3 unspecified atom stereocenters. The van der Waals surface area contributed by atoms with Crippen LogP contribution in [0.3, 0.4) is 0 Å². The maximum atomic E-state index is 6.16. The molecule has 0 aromatic heterocycles. The van der Waals surface area contributed by atoms with E-state index in [0.29, 0.717) is 18.0 Å². The Morgan fingerprint density at radius 1 is 1.36 bits per heavy atom. The molecule has 2 aliphatic heterocycles. The largest absolute Gasteiger partial charge is 0.326 e. The Hall–Kier alpha value is -0.160. The number of likely N-dealkylation sites (N-methyl/N-ethyl adjacent to an activating group) is 1. The minimum absolute atomic E-state index is 0.336. The van der Waals surface area contributed by atoms with E-state index in [-0.39, 0.29) is 0 Å². The van der Waals surface area contributed by atoms with E-state index in [1.54, 1.807) is 0 Å². The molecule has 0 saturated carbocycles. The summed E-state index contributed by atoms with van der Waals surface area (Å²) in [5.41, 5.74) is 6.16. The smallest absolute Gasteiger partial charge is 0.0484 e. The molecule has 2 saturated heterocycles. The van der Waals surface area contributed by atoms with E-state index >= 15 is 0 Å². The molecular weight excluding hydrogens is 176 g/mol. The summed E-state index contributed by atoms with van der Waals surface area (Å²) in [6, 6.07) is 1.000. The van der Waals surface area contributed by atoms with Crippen LogP contribution < -0.4 is 16.4 Å². The SMILES string of the molecule is CCN1CNCC1C1CCNCC1N. The number of piperidine rings is 1. The third kappa shape index (κ3) is 1.93. The van der Waals surface area contributed by atoms with Crippen molar-refractivity contribution in [3.63, 3.8) is 0 Å². The van der Waals surface area contributed by atoms with E-state index in [2.05, 4.69) is 22.5 Å². The van der Waals surface area contributed by atoms with Gasteiger partial charge in [0.25, 0.3) is 0 Å². The Bertz CT molecular complexity index is 185. The van der Waals surface area contributed by atoms with Crippen LogP contribution in [0.2, 0.25) is 0 Å². The van der Waals surface area contributed by atoms with Gasteiger partial charge < -0.3 is 16.4 Å². The van der Waals surface area contributed by atoms with Gasteiger partial charge in [0.1, 0.15) is 0 Å². The van der Waals surface area contributed by atoms with Gasteiger partial charge in [0.2, 0.25) is 0 Å². The van der Waals surface area contributed by atoms with Gasteiger partial charge >= 0.3 is 0 Å². The van der Waals surface area contributed by atoms with Gasteiger partial charge in [-0.05, 0) is 25.4 Å². The van der Waals surface area contributed by atoms with E-state index in [1.807, 2.05) is 0 Å². The van der Waals surface area contributed by atoms with Gasteiger partial charge in [0.05, 0.1) is 0 Å². The molecule has 0 bridgehead atoms. The highest BCUT2D eigenvalue weighted by molar-refractivity contribution is 4.93. The summed E-state index contributed by atoms with van der Waals surface area (Å²) in [6.45, 7) is 7.63. The van der Waals surface area contributed by atoms with Crippen LogP contribution in [-0.2, 0) is 0 Å². The first-order valence-corrected chi connectivity index (χ1v) is 5.74. The van der Waals surface area contributed by atoms with Crippen molar-refractivity contribution in [2.24, 2.45) is 11.7 Å². The Balaban J connectivity index is 1.97. The molecule has 0 amide bonds. The normalized spacial score (nSPS) is 40.3. The predicted octanol–water partition coefficient (Wildman–Crippen LogP) is -0.826. The first-order chi connectivity index (χ1) is 6.83. The molecule has 0 aliphatic carbocycles. The number of nitrogens with zero attached hydrogens (tertiary/aromatic N) is 1. The predicted molar refractivity (Wildman–Crippen MR) is 58.0 cm³/mol. The van der Waals surface area contributed by atoms with Gasteiger partial charge in [0, 0.05) is 31.8 Å². The van der Waals surface area contributed by atoms with Crippen molar-refractivity contribution in [2.45, 2.75) is 25.4 Å². The molecule has 2 aliphatic rings. The van der Waals surface area contributed by atoms with E-state index in [0.717, 1.165) is 32.8 Å². The molecule has 4 nitrogen and oxygen atoms in total. The number of nitrogens with two attached hydrogens (primary N) is 1. The second-order valence-corrected chi connectivity index (χ2v) is 4.41. The molecule has 0 spiro atoms. The lowest BCUT2D eigenvalue weighted by Gasteiger charge is -2.37. The van der Waals surface area contributed by atoms with Crippen LogP contribution in [0, 0.1) is 5.92 Å². The maximum absolute atomic E-state index is 6.16. The molecule has 0 radical (unpaired) electrons. The first-order valence-electron chi connectivity index (χ1n) is 5.74. The molecule has 2 heterocycles. The van der Waals surface area contributed by atoms with E-state index < -0.39 is 0 Å². The molecule has 82 valence electrons. The minimum atomic E-state index is 0.336. The molecule has 2 fully saturated rings. The second-order valence-electron chi connectivity index (χ2n) is 4.41. The first kappa shape index (κ1) is 10.4. The third-order valence-corrected chi connectivity index (χ3v) is 3.62. The molecule has 4 heteroatoms. The van der Waals surface area contributed by atoms with Crippen LogP contribution in [0.25, 0.3) is 0 Å². The van der Waals surface area contributed by atoms with Crippen LogP contribution >= 0.6 is 0 Å². The molecule has 2 rings (SSSR count). The topological polar surface area (TPSA) is 53.3 Å². The van der Waals surface area contributed by atoms with Crippen molar-refractivity contribution in [3.05, 3.63) is 0 Å². The van der Waals surface area contributed by atoms with E-state index in [9.17, 15) is 0 Å². The summed E-state index contributed by atoms with van der Waals surface area (Å²) in [4.78, 5) is 2.51. The standard InChI is InChI=1S/C10H22N4/c1-2-14-7-13-6-10(14)8-3-4-12-5-9(8)11/h8-10,12-13H,2-7,11H2,1H3. The highest BCUT2D eigenvalue weighted by Crippen LogP contribution is 2.22. The summed E-state index contributed by atoms with van der Waals surface area (Å²) >= 11 is 0. The molecule has 14 heavy (non-hydrogen) atoms. The number of hydrogen-bond acceptors (Lipinski definition) is 4. The van der Waals surface area contributed by atoms with Crippen molar-refractivity contribution < 1.29 is 0 Å². The Morgan fingerprint density at radius 2 is 2.21 bits per heavy atom. The zero-order valence-corrected chi connectivity index (χ0v) is 9.00. The van der Waals surface area contributed by atoms with Gasteiger partial charge in [-0.1, -0.05) is 6.92 Å². The fraction of sp³-hybridized carbons (Fsp3) is 1.00. The highest BCUT2D eigenvalue weighted by Gasteiger charge is 2.35. The van der Waals surface area contributed by atoms with Crippen LogP contribution in [-0.4, -0.2) is 49.8 Å². The van der Waals surface area contributed by atoms with Gasteiger partial charge in [-0.2, -0.15) is 0 Å². The van der Waals surface area contributed by atoms with Gasteiger partial charge in [-0.25, -0.2) is 0 Å². The Morgan fingerprint density at radius 3 is 2.93 bits per heavy atom. The van der Waals surface area contributed by atoms with Crippen LogP contribution in [0.15, 0.2) is 0 Å². The summed E-state index contributed by atoms with van der Waals surface area (Å²) in [7, 11) is 0. The van der Waals surface area contributed by atoms with Crippen LogP contribution in [0.1, 0.15) is 13.3 Å². The van der Waals surface area contributed by atoms with E-state index in [4.69, 9.17) is 5.73 Å². The molecule has 3 atom stereocenters. The van der Waals surface area contributed by atoms with Gasteiger partial charge in [-0.3, -0.25) is 4.90 Å². The highest BCUT2D eigenvalue weighted by atomic mass is 15.3. The van der Waals surface area contributed by atoms with Crippen molar-refractivity contribution >= 4 is 0 Å². The number of hydrogen-bond donors (Lipinski definition) is 3. The number of nitrogens with one attached hydrogen (secondary N) is 2. The quantitative estimate of drug-likeness (QED) is 0.542. The van der Waals surface area contributed by atoms with Crippen LogP contribution in [0.5, 0.6) is 0 Å². The van der Waals surface area contributed by atoms with Crippen LogP contribution in [0.4, 0.5) is 0 Å². The number of rotatable bonds is 2. The van der Waals surface area contributed by atoms with Gasteiger partial charge in [-0.15, -0.1) is 0 Å². The monoisotopic (exact) mass is 198 g/mol. The van der Waals surface area contributed by atoms with Crippen molar-refractivity contribution in [1.82, 2.24) is 15.5 Å². The summed E-state index contributed by atoms with van der Waals surface area (Å²) in [5, 5.41) is 6.80. The summed E-state index contributed by atoms with van der Waals surface area (Å²) in [6.07, 6.45) is 1.23. The van der Waals surface area contributed by atoms with Crippen molar-refractivity contribution in [3.8, 4) is 0 Å². The molecular formula is C10H22N4. The van der Waals surface area contributed by atoms with E-state index in [1.165, 1.54) is 6.42 Å². The zero-order valence-electron chi connectivity index (χ0n) is 9.00. The lowest BCUT2D eigenvalue weighted by atomic mass is 9.86. The Kier molecular flexibility index (Phi) is 3.38. The fourth-order valence-electron chi connectivity index (χ4n) is 2.75. The van der Waals surface area contributed by atoms with Crippen molar-refractivity contribution in [1.29, 1.82) is 0 Å². The average molecular weight is 198 g/mol. The minimum Gasteiger partial charge on any atom is -0.326 e. The zero-order chi connectivity index (χ0) is 9.97. The molecule has 4 N–H and O–H groups in total. The average Bonchev–Trinajstić information content (AvgIpc) is 2.66. The fourth-order valence-corrected chi connectivity index (χ4v) is 2.75. The van der Waals surface area contributed by atoms with Gasteiger partial charge in [0.15, 0.2) is 0 Å². The second kappa shape index (κ2) is 4.57. The molecule has 0 aromatic rings. The lowest BCUT2D eigenvalue weighted by Crippen LogP contribution is -2.54. The lowest BCUT2D eigenvalue weighted by molar-refractivity contribution is 0.159. The maximum Gasteiger partial charge on any atom is 0.0484 e. The van der Waals surface area contributed by atoms with Crippen molar-refractivity contribution in [2.75, 3.05) is 32.8 Å². The third-order valence-electron chi connectivity index (χ3n) is 3.62. The Labute approximate surface area is 86.2 Å². The summed E-state index contributed by atoms with van der Waals surface area (Å²) in [5.74, 6) is 0.672. The molecule has 0 aromatic carbocycles. The summed E-state index contributed by atoms with van der Waals surface area (Å²) < 4.78 is 0.